The molecule has 1 N–H and O–H groups in total. The molecule has 0 aliphatic heterocycles. The molecule has 2 aromatic rings. The third-order valence-corrected chi connectivity index (χ3v) is 4.55. The minimum atomic E-state index is 0.376. The molecule has 0 saturated carbocycles. The second kappa shape index (κ2) is 7.58. The Kier molecular flexibility index (Phi) is 5.77. The Morgan fingerprint density at radius 2 is 1.76 bits per heavy atom. The SMILES string of the molecule is CCC(C)N(C)CCNC(C)c1cccc2ccccc12. The molecule has 21 heavy (non-hydrogen) atoms. The van der Waals surface area contributed by atoms with Gasteiger partial charge in [-0.3, -0.25) is 0 Å². The maximum Gasteiger partial charge on any atom is 0.0298 e. The Hall–Kier alpha value is -1.38. The van der Waals surface area contributed by atoms with Gasteiger partial charge in [0.1, 0.15) is 0 Å². The molecular weight excluding hydrogens is 256 g/mol. The van der Waals surface area contributed by atoms with E-state index < -0.39 is 0 Å². The van der Waals surface area contributed by atoms with E-state index in [2.05, 4.69) is 80.5 Å². The van der Waals surface area contributed by atoms with Crippen molar-refractivity contribution in [3.05, 3.63) is 48.0 Å². The first-order chi connectivity index (χ1) is 10.1. The van der Waals surface area contributed by atoms with Gasteiger partial charge in [0.15, 0.2) is 0 Å². The molecule has 2 aromatic carbocycles. The second-order valence-corrected chi connectivity index (χ2v) is 5.98. The van der Waals surface area contributed by atoms with Crippen molar-refractivity contribution in [2.75, 3.05) is 20.1 Å². The highest BCUT2D eigenvalue weighted by Gasteiger charge is 2.10. The Bertz CT molecular complexity index is 559. The highest BCUT2D eigenvalue weighted by molar-refractivity contribution is 5.86. The monoisotopic (exact) mass is 284 g/mol. The average molecular weight is 284 g/mol. The first kappa shape index (κ1) is 16.0. The largest absolute Gasteiger partial charge is 0.309 e. The zero-order valence-corrected chi connectivity index (χ0v) is 13.8. The van der Waals surface area contributed by atoms with E-state index in [0.29, 0.717) is 12.1 Å². The molecule has 114 valence electrons. The summed E-state index contributed by atoms with van der Waals surface area (Å²) in [5, 5.41) is 6.34. The summed E-state index contributed by atoms with van der Waals surface area (Å²) in [7, 11) is 2.21. The predicted molar refractivity (Wildman–Crippen MR) is 92.7 cm³/mol. The van der Waals surface area contributed by atoms with Crippen LogP contribution in [0.2, 0.25) is 0 Å². The smallest absolute Gasteiger partial charge is 0.0298 e. The van der Waals surface area contributed by atoms with Gasteiger partial charge in [0.05, 0.1) is 0 Å². The van der Waals surface area contributed by atoms with Crippen molar-refractivity contribution in [1.29, 1.82) is 0 Å². The van der Waals surface area contributed by atoms with E-state index in [0.717, 1.165) is 13.1 Å². The van der Waals surface area contributed by atoms with Gasteiger partial charge < -0.3 is 10.2 Å². The van der Waals surface area contributed by atoms with Gasteiger partial charge in [-0.05, 0) is 43.7 Å². The minimum absolute atomic E-state index is 0.376. The average Bonchev–Trinajstić information content (AvgIpc) is 2.53. The van der Waals surface area contributed by atoms with Crippen molar-refractivity contribution >= 4 is 10.8 Å². The number of nitrogens with zero attached hydrogens (tertiary/aromatic N) is 1. The highest BCUT2D eigenvalue weighted by atomic mass is 15.1. The summed E-state index contributed by atoms with van der Waals surface area (Å²) in [6, 6.07) is 16.2. The van der Waals surface area contributed by atoms with Crippen LogP contribution in [0.4, 0.5) is 0 Å². The van der Waals surface area contributed by atoms with Crippen LogP contribution in [0.15, 0.2) is 42.5 Å². The number of hydrogen-bond acceptors (Lipinski definition) is 2. The lowest BCUT2D eigenvalue weighted by atomic mass is 10.00. The molecule has 2 rings (SSSR count). The summed E-state index contributed by atoms with van der Waals surface area (Å²) < 4.78 is 0. The van der Waals surface area contributed by atoms with Crippen molar-refractivity contribution in [1.82, 2.24) is 10.2 Å². The van der Waals surface area contributed by atoms with Crippen LogP contribution >= 0.6 is 0 Å². The fourth-order valence-electron chi connectivity index (χ4n) is 2.73. The van der Waals surface area contributed by atoms with Crippen LogP contribution < -0.4 is 5.32 Å². The van der Waals surface area contributed by atoms with Gasteiger partial charge in [-0.25, -0.2) is 0 Å². The van der Waals surface area contributed by atoms with E-state index in [1.165, 1.54) is 22.8 Å². The summed E-state index contributed by atoms with van der Waals surface area (Å²) in [5.41, 5.74) is 1.39. The van der Waals surface area contributed by atoms with E-state index in [4.69, 9.17) is 0 Å². The number of fused-ring (bicyclic) bond motifs is 1. The van der Waals surface area contributed by atoms with Crippen LogP contribution in [-0.4, -0.2) is 31.1 Å². The van der Waals surface area contributed by atoms with Crippen LogP contribution in [0.25, 0.3) is 10.8 Å². The van der Waals surface area contributed by atoms with Gasteiger partial charge in [-0.1, -0.05) is 49.4 Å². The standard InChI is InChI=1S/C19H28N2/c1-5-15(2)21(4)14-13-20-16(3)18-12-8-10-17-9-6-7-11-19(17)18/h6-12,15-16,20H,5,13-14H2,1-4H3. The molecular formula is C19H28N2. The normalized spacial score (nSPS) is 14.5. The van der Waals surface area contributed by atoms with Crippen LogP contribution in [0.5, 0.6) is 0 Å². The zero-order chi connectivity index (χ0) is 15.2. The molecule has 2 atom stereocenters. The molecule has 0 fully saturated rings. The summed E-state index contributed by atoms with van der Waals surface area (Å²) in [4.78, 5) is 2.42. The van der Waals surface area contributed by atoms with Crippen molar-refractivity contribution in [3.8, 4) is 0 Å². The highest BCUT2D eigenvalue weighted by Crippen LogP contribution is 2.23. The van der Waals surface area contributed by atoms with Gasteiger partial charge in [-0.2, -0.15) is 0 Å². The van der Waals surface area contributed by atoms with Crippen LogP contribution in [0.1, 0.15) is 38.8 Å². The molecule has 0 saturated heterocycles. The molecule has 0 radical (unpaired) electrons. The van der Waals surface area contributed by atoms with Crippen molar-refractivity contribution in [2.24, 2.45) is 0 Å². The molecule has 2 unspecified atom stereocenters. The lowest BCUT2D eigenvalue weighted by Gasteiger charge is -2.25. The Morgan fingerprint density at radius 1 is 1.05 bits per heavy atom. The summed E-state index contributed by atoms with van der Waals surface area (Å²) in [6.07, 6.45) is 1.20. The summed E-state index contributed by atoms with van der Waals surface area (Å²) >= 11 is 0. The van der Waals surface area contributed by atoms with Crippen LogP contribution in [0, 0.1) is 0 Å². The maximum atomic E-state index is 3.66. The third-order valence-electron chi connectivity index (χ3n) is 4.55. The van der Waals surface area contributed by atoms with Gasteiger partial charge in [0.25, 0.3) is 0 Å². The van der Waals surface area contributed by atoms with E-state index in [-0.39, 0.29) is 0 Å². The molecule has 0 bridgehead atoms. The summed E-state index contributed by atoms with van der Waals surface area (Å²) in [5.74, 6) is 0. The van der Waals surface area contributed by atoms with Gasteiger partial charge >= 0.3 is 0 Å². The fourth-order valence-corrected chi connectivity index (χ4v) is 2.73. The lowest BCUT2D eigenvalue weighted by Crippen LogP contribution is -2.35. The van der Waals surface area contributed by atoms with E-state index >= 15 is 0 Å². The van der Waals surface area contributed by atoms with Crippen molar-refractivity contribution < 1.29 is 0 Å². The number of likely N-dealkylation sites (N-methyl/N-ethyl adjacent to an activating group) is 1. The van der Waals surface area contributed by atoms with Gasteiger partial charge in [-0.15, -0.1) is 0 Å². The van der Waals surface area contributed by atoms with E-state index in [9.17, 15) is 0 Å². The molecule has 0 aliphatic rings. The predicted octanol–water partition coefficient (Wildman–Crippen LogP) is 4.22. The quantitative estimate of drug-likeness (QED) is 0.819. The number of hydrogen-bond donors (Lipinski definition) is 1. The fraction of sp³-hybridized carbons (Fsp3) is 0.474. The molecule has 0 spiro atoms. The van der Waals surface area contributed by atoms with E-state index in [1.54, 1.807) is 0 Å². The number of nitrogens with one attached hydrogen (secondary N) is 1. The summed E-state index contributed by atoms with van der Waals surface area (Å²) in [6.45, 7) is 8.89. The molecule has 0 aliphatic carbocycles. The first-order valence-electron chi connectivity index (χ1n) is 8.04. The molecule has 2 heteroatoms. The molecule has 0 aromatic heterocycles. The van der Waals surface area contributed by atoms with Crippen molar-refractivity contribution in [3.63, 3.8) is 0 Å². The molecule has 2 nitrogen and oxygen atoms in total. The Morgan fingerprint density at radius 3 is 2.52 bits per heavy atom. The topological polar surface area (TPSA) is 15.3 Å². The first-order valence-corrected chi connectivity index (χ1v) is 8.04. The minimum Gasteiger partial charge on any atom is -0.309 e. The molecule has 0 heterocycles. The zero-order valence-electron chi connectivity index (χ0n) is 13.8. The lowest BCUT2D eigenvalue weighted by molar-refractivity contribution is 0.249. The van der Waals surface area contributed by atoms with Gasteiger partial charge in [0.2, 0.25) is 0 Å². The van der Waals surface area contributed by atoms with Crippen molar-refractivity contribution in [2.45, 2.75) is 39.3 Å². The van der Waals surface area contributed by atoms with Crippen LogP contribution in [0.3, 0.4) is 0 Å². The van der Waals surface area contributed by atoms with Gasteiger partial charge in [0, 0.05) is 25.2 Å². The third kappa shape index (κ3) is 4.05. The maximum absolute atomic E-state index is 3.66. The molecule has 0 amide bonds. The number of benzene rings is 2. The van der Waals surface area contributed by atoms with E-state index in [1.807, 2.05) is 0 Å². The Balaban J connectivity index is 1.98. The number of rotatable bonds is 7. The van der Waals surface area contributed by atoms with Crippen LogP contribution in [-0.2, 0) is 0 Å². The Labute approximate surface area is 129 Å². The second-order valence-electron chi connectivity index (χ2n) is 5.98.